The number of nitrogens with zero attached hydrogens (tertiary/aromatic N) is 1. The third-order valence-corrected chi connectivity index (χ3v) is 8.05. The van der Waals surface area contributed by atoms with Crippen LogP contribution in [0.1, 0.15) is 33.5 Å². The fourth-order valence-corrected chi connectivity index (χ4v) is 5.73. The Labute approximate surface area is 268 Å². The molecule has 2 unspecified atom stereocenters. The van der Waals surface area contributed by atoms with Crippen molar-refractivity contribution in [1.29, 1.82) is 0 Å². The van der Waals surface area contributed by atoms with Crippen LogP contribution in [0.15, 0.2) is 144 Å². The molecule has 0 saturated heterocycles. The number of halogens is 1. The number of carboxylic acid groups (broad SMARTS) is 1. The molecule has 6 rings (SSSR count). The number of carbonyl (C=O) groups excluding carboxylic acids is 1. The number of aliphatic hydroxyl groups is 1. The SMILES string of the molecule is Cc1ccc(CC(Nc2ccccc2C(=O)c2ccc(F)cc2)C(=O)O)cc1.OCCN1C2=CC=CC=CC2C2=C1C=CC=CC2. The molecule has 3 N–H and O–H groups in total. The quantitative estimate of drug-likeness (QED) is 0.221. The summed E-state index contributed by atoms with van der Waals surface area (Å²) in [5.74, 6) is -1.38. The zero-order chi connectivity index (χ0) is 32.5. The molecule has 7 heteroatoms. The van der Waals surface area contributed by atoms with Gasteiger partial charge < -0.3 is 20.4 Å². The first-order valence-corrected chi connectivity index (χ1v) is 15.3. The number of para-hydroxylation sites is 1. The molecule has 3 aromatic carbocycles. The summed E-state index contributed by atoms with van der Waals surface area (Å²) in [5, 5.41) is 21.9. The maximum atomic E-state index is 13.1. The van der Waals surface area contributed by atoms with E-state index in [1.807, 2.05) is 31.2 Å². The molecule has 0 aromatic heterocycles. The van der Waals surface area contributed by atoms with Crippen molar-refractivity contribution in [3.05, 3.63) is 173 Å². The molecule has 0 amide bonds. The molecule has 0 saturated carbocycles. The Morgan fingerprint density at radius 2 is 1.72 bits per heavy atom. The van der Waals surface area contributed by atoms with Crippen molar-refractivity contribution in [3.8, 4) is 0 Å². The molecule has 2 atom stereocenters. The summed E-state index contributed by atoms with van der Waals surface area (Å²) >= 11 is 0. The van der Waals surface area contributed by atoms with Gasteiger partial charge in [0.1, 0.15) is 11.9 Å². The molecule has 0 spiro atoms. The highest BCUT2D eigenvalue weighted by atomic mass is 19.1. The number of allylic oxidation sites excluding steroid dienone is 9. The number of hydrogen-bond donors (Lipinski definition) is 3. The summed E-state index contributed by atoms with van der Waals surface area (Å²) in [6.45, 7) is 2.80. The van der Waals surface area contributed by atoms with Crippen molar-refractivity contribution >= 4 is 17.4 Å². The number of nitrogens with one attached hydrogen (secondary N) is 1. The molecule has 0 bridgehead atoms. The lowest BCUT2D eigenvalue weighted by molar-refractivity contribution is -0.137. The number of rotatable bonds is 9. The average molecular weight is 617 g/mol. The van der Waals surface area contributed by atoms with Gasteiger partial charge in [-0.3, -0.25) is 4.79 Å². The van der Waals surface area contributed by atoms with E-state index in [0.717, 1.165) is 17.5 Å². The van der Waals surface area contributed by atoms with E-state index in [2.05, 4.69) is 64.9 Å². The minimum atomic E-state index is -1.01. The number of fused-ring (bicyclic) bond motifs is 2. The van der Waals surface area contributed by atoms with Crippen LogP contribution in [0.2, 0.25) is 0 Å². The van der Waals surface area contributed by atoms with Crippen molar-refractivity contribution in [3.63, 3.8) is 0 Å². The Morgan fingerprint density at radius 3 is 2.46 bits per heavy atom. The summed E-state index contributed by atoms with van der Waals surface area (Å²) in [6.07, 6.45) is 20.4. The minimum absolute atomic E-state index is 0.176. The highest BCUT2D eigenvalue weighted by Gasteiger charge is 2.32. The van der Waals surface area contributed by atoms with E-state index in [1.165, 1.54) is 41.2 Å². The molecule has 46 heavy (non-hydrogen) atoms. The van der Waals surface area contributed by atoms with Crippen LogP contribution in [0.3, 0.4) is 0 Å². The number of benzene rings is 3. The van der Waals surface area contributed by atoms with E-state index in [0.29, 0.717) is 29.3 Å². The number of aliphatic hydroxyl groups excluding tert-OH is 1. The molecule has 1 aliphatic heterocycles. The topological polar surface area (TPSA) is 89.9 Å². The number of carboxylic acids is 1. The summed E-state index contributed by atoms with van der Waals surface area (Å²) in [7, 11) is 0. The van der Waals surface area contributed by atoms with Gasteiger partial charge in [0.25, 0.3) is 0 Å². The first-order valence-electron chi connectivity index (χ1n) is 15.3. The summed E-state index contributed by atoms with van der Waals surface area (Å²) < 4.78 is 13.1. The highest BCUT2D eigenvalue weighted by Crippen LogP contribution is 2.41. The number of β-amino-alcohol motifs (C(OH)–C–C–N with tert-alkyl or cyclic N) is 1. The Morgan fingerprint density at radius 1 is 0.957 bits per heavy atom. The molecule has 0 fully saturated rings. The van der Waals surface area contributed by atoms with Crippen LogP contribution in [-0.2, 0) is 11.2 Å². The van der Waals surface area contributed by atoms with Gasteiger partial charge in [-0.25, -0.2) is 9.18 Å². The zero-order valence-corrected chi connectivity index (χ0v) is 25.6. The Hall–Kier alpha value is -5.27. The van der Waals surface area contributed by atoms with Crippen LogP contribution < -0.4 is 5.32 Å². The second-order valence-corrected chi connectivity index (χ2v) is 11.2. The monoisotopic (exact) mass is 616 g/mol. The summed E-state index contributed by atoms with van der Waals surface area (Å²) in [4.78, 5) is 26.8. The minimum Gasteiger partial charge on any atom is -0.480 e. The maximum absolute atomic E-state index is 13.1. The van der Waals surface area contributed by atoms with E-state index in [9.17, 15) is 24.2 Å². The van der Waals surface area contributed by atoms with Gasteiger partial charge in [-0.05, 0) is 73.0 Å². The van der Waals surface area contributed by atoms with Gasteiger partial charge in [0.05, 0.1) is 6.61 Å². The highest BCUT2D eigenvalue weighted by molar-refractivity contribution is 6.12. The number of anilines is 1. The largest absolute Gasteiger partial charge is 0.480 e. The van der Waals surface area contributed by atoms with Crippen molar-refractivity contribution in [2.75, 3.05) is 18.5 Å². The molecule has 6 nitrogen and oxygen atoms in total. The van der Waals surface area contributed by atoms with Crippen molar-refractivity contribution in [2.24, 2.45) is 5.92 Å². The normalized spacial score (nSPS) is 16.8. The lowest BCUT2D eigenvalue weighted by atomic mass is 9.95. The lowest BCUT2D eigenvalue weighted by Gasteiger charge is -2.22. The fourth-order valence-electron chi connectivity index (χ4n) is 5.73. The number of hydrogen-bond acceptors (Lipinski definition) is 5. The molecular formula is C39H37FN2O4. The second-order valence-electron chi connectivity index (χ2n) is 11.2. The third-order valence-electron chi connectivity index (χ3n) is 8.05. The molecule has 3 aliphatic rings. The van der Waals surface area contributed by atoms with Gasteiger partial charge in [-0.2, -0.15) is 0 Å². The molecule has 234 valence electrons. The van der Waals surface area contributed by atoms with Crippen LogP contribution in [0.4, 0.5) is 10.1 Å². The van der Waals surface area contributed by atoms with E-state index < -0.39 is 17.8 Å². The van der Waals surface area contributed by atoms with Crippen LogP contribution in [0, 0.1) is 18.7 Å². The second kappa shape index (κ2) is 15.1. The Kier molecular flexibility index (Phi) is 10.6. The predicted octanol–water partition coefficient (Wildman–Crippen LogP) is 7.16. The first-order chi connectivity index (χ1) is 22.4. The standard InChI is InChI=1S/C23H20FNO3.C16H17NO/c1-15-6-8-16(9-7-15)14-21(23(27)28)25-20-5-3-2-4-19(20)22(26)17-10-12-18(24)13-11-17;18-12-11-17-15-9-5-1-3-7-13(15)14-8-4-2-6-10-16(14)17/h2-13,21,25H,14H2,1H3,(H,27,28);1-7,9-10,13,18H,8,11-12H2. The molecule has 0 radical (unpaired) electrons. The predicted molar refractivity (Wildman–Crippen MR) is 180 cm³/mol. The van der Waals surface area contributed by atoms with Crippen LogP contribution in [0.5, 0.6) is 0 Å². The fraction of sp³-hybridized carbons (Fsp3) is 0.179. The zero-order valence-electron chi connectivity index (χ0n) is 25.6. The Bertz CT molecular complexity index is 1750. The van der Waals surface area contributed by atoms with E-state index in [4.69, 9.17) is 0 Å². The van der Waals surface area contributed by atoms with Crippen LogP contribution in [0.25, 0.3) is 0 Å². The molecular weight excluding hydrogens is 579 g/mol. The van der Waals surface area contributed by atoms with E-state index in [1.54, 1.807) is 24.3 Å². The molecule has 1 heterocycles. The molecule has 3 aromatic rings. The number of ketones is 1. The van der Waals surface area contributed by atoms with Crippen molar-refractivity contribution in [2.45, 2.75) is 25.8 Å². The first kappa shape index (κ1) is 32.1. The van der Waals surface area contributed by atoms with Gasteiger partial charge in [0.15, 0.2) is 5.78 Å². The maximum Gasteiger partial charge on any atom is 0.326 e. The lowest BCUT2D eigenvalue weighted by Crippen LogP contribution is -2.32. The van der Waals surface area contributed by atoms with Crippen molar-refractivity contribution < 1.29 is 24.2 Å². The number of carbonyl (C=O) groups is 2. The van der Waals surface area contributed by atoms with Gasteiger partial charge >= 0.3 is 5.97 Å². The Balaban J connectivity index is 0.000000198. The molecule has 2 aliphatic carbocycles. The van der Waals surface area contributed by atoms with E-state index in [-0.39, 0.29) is 18.8 Å². The van der Waals surface area contributed by atoms with Gasteiger partial charge in [0, 0.05) is 47.1 Å². The number of aliphatic carboxylic acids is 1. The summed E-state index contributed by atoms with van der Waals surface area (Å²) in [6, 6.07) is 18.7. The summed E-state index contributed by atoms with van der Waals surface area (Å²) in [5.41, 5.74) is 7.04. The van der Waals surface area contributed by atoms with Crippen LogP contribution >= 0.6 is 0 Å². The smallest absolute Gasteiger partial charge is 0.326 e. The van der Waals surface area contributed by atoms with Crippen LogP contribution in [-0.4, -0.2) is 46.1 Å². The van der Waals surface area contributed by atoms with Gasteiger partial charge in [-0.1, -0.05) is 84.5 Å². The van der Waals surface area contributed by atoms with E-state index >= 15 is 0 Å². The number of aryl methyl sites for hydroxylation is 1. The van der Waals surface area contributed by atoms with Gasteiger partial charge in [-0.15, -0.1) is 0 Å². The third kappa shape index (κ3) is 7.68. The van der Waals surface area contributed by atoms with Gasteiger partial charge in [0.2, 0.25) is 0 Å². The average Bonchev–Trinajstić information content (AvgIpc) is 3.30. The van der Waals surface area contributed by atoms with Crippen molar-refractivity contribution in [1.82, 2.24) is 4.90 Å².